The number of nitrogens with two attached hydrogens (primary N) is 1. The normalized spacial score (nSPS) is 10.5. The number of rotatable bonds is 3. The molecule has 0 saturated carbocycles. The van der Waals surface area contributed by atoms with Crippen molar-refractivity contribution in [2.45, 2.75) is 11.8 Å². The summed E-state index contributed by atoms with van der Waals surface area (Å²) in [6.45, 7) is 1.61. The number of thioether (sulfide) groups is 1. The summed E-state index contributed by atoms with van der Waals surface area (Å²) >= 11 is 1.26. The average Bonchev–Trinajstić information content (AvgIpc) is 2.67. The number of hydrogen-bond donors (Lipinski definition) is 1. The minimum Gasteiger partial charge on any atom is -0.384 e. The molecule has 6 nitrogen and oxygen atoms in total. The maximum absolute atomic E-state index is 11.7. The van der Waals surface area contributed by atoms with Crippen molar-refractivity contribution in [2.75, 3.05) is 11.5 Å². The Morgan fingerprint density at radius 2 is 2.33 bits per heavy atom. The van der Waals surface area contributed by atoms with Gasteiger partial charge in [0.1, 0.15) is 11.6 Å². The molecular weight excluding hydrogens is 254 g/mol. The Kier molecular flexibility index (Phi) is 3.52. The first-order chi connectivity index (χ1) is 8.56. The van der Waals surface area contributed by atoms with Crippen LogP contribution in [-0.2, 0) is 0 Å². The number of carbonyl (C=O) groups excluding carboxylic acids is 1. The van der Waals surface area contributed by atoms with E-state index in [1.54, 1.807) is 25.3 Å². The van der Waals surface area contributed by atoms with Crippen LogP contribution in [0.2, 0.25) is 0 Å². The molecule has 0 amide bonds. The van der Waals surface area contributed by atoms with Crippen molar-refractivity contribution in [2.24, 2.45) is 0 Å². The van der Waals surface area contributed by atoms with E-state index in [1.165, 1.54) is 17.8 Å². The first kappa shape index (κ1) is 12.4. The summed E-state index contributed by atoms with van der Waals surface area (Å²) in [6, 6.07) is 4.68. The van der Waals surface area contributed by atoms with Gasteiger partial charge in [0.15, 0.2) is 0 Å². The van der Waals surface area contributed by atoms with Gasteiger partial charge >= 0.3 is 0 Å². The summed E-state index contributed by atoms with van der Waals surface area (Å²) in [5, 5.41) is 0. The van der Waals surface area contributed by atoms with Gasteiger partial charge in [-0.2, -0.15) is 0 Å². The summed E-state index contributed by atoms with van der Waals surface area (Å²) < 4.78 is 5.75. The van der Waals surface area contributed by atoms with Crippen molar-refractivity contribution in [3.63, 3.8) is 0 Å². The third-order valence-electron chi connectivity index (χ3n) is 2.11. The van der Waals surface area contributed by atoms with Gasteiger partial charge in [0, 0.05) is 17.2 Å². The Labute approximate surface area is 107 Å². The molecule has 0 fully saturated rings. The molecule has 94 valence electrons. The minimum atomic E-state index is -0.450. The predicted molar refractivity (Wildman–Crippen MR) is 67.7 cm³/mol. The number of carbonyl (C=O) groups is 1. The fourth-order valence-electron chi connectivity index (χ4n) is 1.30. The van der Waals surface area contributed by atoms with E-state index in [4.69, 9.17) is 10.3 Å². The van der Waals surface area contributed by atoms with Crippen molar-refractivity contribution >= 4 is 23.5 Å². The van der Waals surface area contributed by atoms with Gasteiger partial charge < -0.3 is 10.3 Å². The van der Waals surface area contributed by atoms with Gasteiger partial charge in [-0.15, -0.1) is 16.5 Å². The monoisotopic (exact) mass is 265 g/mol. The number of hydrogen-bond acceptors (Lipinski definition) is 6. The lowest BCUT2D eigenvalue weighted by Gasteiger charge is -2.00. The summed E-state index contributed by atoms with van der Waals surface area (Å²) in [6.07, 6.45) is 1.57. The number of aryl methyl sites for hydroxylation is 1. The van der Waals surface area contributed by atoms with E-state index in [0.717, 1.165) is 9.64 Å². The predicted octanol–water partition coefficient (Wildman–Crippen LogP) is 1.16. The molecule has 0 atom stereocenters. The summed E-state index contributed by atoms with van der Waals surface area (Å²) in [5.74, 6) is 0.518. The maximum atomic E-state index is 11.7. The van der Waals surface area contributed by atoms with E-state index in [1.807, 2.05) is 0 Å². The van der Waals surface area contributed by atoms with Crippen LogP contribution < -0.4 is 11.3 Å². The largest absolute Gasteiger partial charge is 0.384 e. The molecule has 0 spiro atoms. The number of anilines is 1. The Morgan fingerprint density at radius 3 is 2.89 bits per heavy atom. The maximum Gasteiger partial charge on any atom is 0.290 e. The molecule has 0 aromatic carbocycles. The second kappa shape index (κ2) is 5.09. The molecule has 2 N–H and O–H groups in total. The van der Waals surface area contributed by atoms with Crippen LogP contribution in [0, 0.1) is 6.92 Å². The molecule has 2 aromatic heterocycles. The van der Waals surface area contributed by atoms with Gasteiger partial charge in [-0.1, -0.05) is 0 Å². The zero-order valence-corrected chi connectivity index (χ0v) is 10.4. The van der Waals surface area contributed by atoms with Gasteiger partial charge in [-0.25, -0.2) is 4.98 Å². The van der Waals surface area contributed by atoms with Gasteiger partial charge in [0.25, 0.3) is 11.5 Å². The van der Waals surface area contributed by atoms with Gasteiger partial charge in [-0.3, -0.25) is 9.59 Å². The number of aromatic nitrogens is 2. The van der Waals surface area contributed by atoms with Crippen LogP contribution in [-0.4, -0.2) is 21.4 Å². The second-order valence-electron chi connectivity index (χ2n) is 3.58. The van der Waals surface area contributed by atoms with Gasteiger partial charge in [0.05, 0.1) is 5.75 Å². The highest BCUT2D eigenvalue weighted by molar-refractivity contribution is 8.00. The first-order valence-corrected chi connectivity index (χ1v) is 6.12. The standard InChI is InChI=1S/C11H11N3O3S/c1-7-4-10(15)14(17-7)11(16)6-18-8-2-3-9(12)13-5-8/h2-5H,6H2,1H3,(H2,12,13). The topological polar surface area (TPSA) is 91.1 Å². The average molecular weight is 265 g/mol. The van der Waals surface area contributed by atoms with Crippen LogP contribution in [0.4, 0.5) is 5.82 Å². The molecule has 0 aliphatic rings. The lowest BCUT2D eigenvalue weighted by Crippen LogP contribution is -2.23. The molecule has 0 bridgehead atoms. The van der Waals surface area contributed by atoms with E-state index in [2.05, 4.69) is 4.98 Å². The lowest BCUT2D eigenvalue weighted by atomic mass is 10.5. The molecule has 2 rings (SSSR count). The van der Waals surface area contributed by atoms with Crippen LogP contribution in [0.5, 0.6) is 0 Å². The highest BCUT2D eigenvalue weighted by Crippen LogP contribution is 2.17. The third-order valence-corrected chi connectivity index (χ3v) is 3.08. The van der Waals surface area contributed by atoms with Crippen molar-refractivity contribution in [3.8, 4) is 0 Å². The Bertz CT molecular complexity index is 615. The minimum absolute atomic E-state index is 0.0957. The van der Waals surface area contributed by atoms with Crippen LogP contribution in [0.25, 0.3) is 0 Å². The van der Waals surface area contributed by atoms with Crippen molar-refractivity contribution < 1.29 is 9.32 Å². The summed E-state index contributed by atoms with van der Waals surface area (Å²) in [7, 11) is 0. The molecule has 18 heavy (non-hydrogen) atoms. The highest BCUT2D eigenvalue weighted by Gasteiger charge is 2.12. The van der Waals surface area contributed by atoms with E-state index in [9.17, 15) is 9.59 Å². The molecule has 2 aromatic rings. The molecule has 2 heterocycles. The number of pyridine rings is 1. The molecule has 0 aliphatic carbocycles. The molecule has 0 saturated heterocycles. The van der Waals surface area contributed by atoms with Crippen LogP contribution in [0.3, 0.4) is 0 Å². The molecule has 0 radical (unpaired) electrons. The van der Waals surface area contributed by atoms with Gasteiger partial charge in [-0.05, 0) is 19.1 Å². The zero-order valence-electron chi connectivity index (χ0n) is 9.62. The van der Waals surface area contributed by atoms with E-state index in [0.29, 0.717) is 11.6 Å². The van der Waals surface area contributed by atoms with Crippen LogP contribution >= 0.6 is 11.8 Å². The van der Waals surface area contributed by atoms with E-state index >= 15 is 0 Å². The van der Waals surface area contributed by atoms with Crippen molar-refractivity contribution in [1.29, 1.82) is 0 Å². The Hall–Kier alpha value is -2.02. The van der Waals surface area contributed by atoms with E-state index in [-0.39, 0.29) is 5.75 Å². The number of nitrogen functional groups attached to an aromatic ring is 1. The first-order valence-electron chi connectivity index (χ1n) is 5.14. The van der Waals surface area contributed by atoms with Crippen molar-refractivity contribution in [1.82, 2.24) is 9.72 Å². The number of nitrogens with zero attached hydrogens (tertiary/aromatic N) is 2. The lowest BCUT2D eigenvalue weighted by molar-refractivity contribution is 0.0813. The van der Waals surface area contributed by atoms with E-state index < -0.39 is 11.5 Å². The summed E-state index contributed by atoms with van der Waals surface area (Å²) in [5.41, 5.74) is 5.00. The van der Waals surface area contributed by atoms with Crippen LogP contribution in [0.1, 0.15) is 10.6 Å². The quantitative estimate of drug-likeness (QED) is 0.837. The summed E-state index contributed by atoms with van der Waals surface area (Å²) in [4.78, 5) is 27.8. The molecule has 7 heteroatoms. The SMILES string of the molecule is Cc1cc(=O)n(C(=O)CSc2ccc(N)nc2)o1. The third kappa shape index (κ3) is 2.80. The molecule has 0 unspecified atom stereocenters. The smallest absolute Gasteiger partial charge is 0.290 e. The van der Waals surface area contributed by atoms with Gasteiger partial charge in [0.2, 0.25) is 0 Å². The molecule has 0 aliphatic heterocycles. The second-order valence-corrected chi connectivity index (χ2v) is 4.63. The zero-order chi connectivity index (χ0) is 13.1. The fraction of sp³-hybridized carbons (Fsp3) is 0.182. The fourth-order valence-corrected chi connectivity index (χ4v) is 2.00. The Morgan fingerprint density at radius 1 is 1.56 bits per heavy atom. The van der Waals surface area contributed by atoms with Crippen molar-refractivity contribution in [3.05, 3.63) is 40.5 Å². The highest BCUT2D eigenvalue weighted by atomic mass is 32.2. The Balaban J connectivity index is 2.02. The van der Waals surface area contributed by atoms with Crippen LogP contribution in [0.15, 0.2) is 38.6 Å². The molecular formula is C11H11N3O3S.